The second kappa shape index (κ2) is 3.55. The molecule has 0 aliphatic heterocycles. The quantitative estimate of drug-likeness (QED) is 0.527. The van der Waals surface area contributed by atoms with Crippen LogP contribution in [0.25, 0.3) is 10.1 Å². The first-order valence-corrected chi connectivity index (χ1v) is 6.70. The van der Waals surface area contributed by atoms with Crippen LogP contribution in [0.2, 0.25) is 0 Å². The number of hydrogen-bond donors (Lipinski definition) is 0. The van der Waals surface area contributed by atoms with Crippen LogP contribution >= 0.6 is 65.8 Å². The third-order valence-electron chi connectivity index (χ3n) is 1.57. The molecule has 0 N–H and O–H groups in total. The average Bonchev–Trinajstić information content (AvgIpc) is 2.32. The van der Waals surface area contributed by atoms with E-state index in [1.165, 1.54) is 21.9 Å². The number of thiophene rings is 1. The van der Waals surface area contributed by atoms with Crippen LogP contribution in [0.15, 0.2) is 26.5 Å². The molecule has 0 aliphatic carbocycles. The van der Waals surface area contributed by atoms with Gasteiger partial charge in [0.15, 0.2) is 0 Å². The highest BCUT2D eigenvalue weighted by atomic mass is 127. The predicted octanol–water partition coefficient (Wildman–Crippen LogP) is 5.03. The van der Waals surface area contributed by atoms with Crippen LogP contribution in [0.1, 0.15) is 0 Å². The standard InChI is InChI=1S/C8H3Br2IS/c9-5-3-1-2-4-6(11)8(10)12-7(4)5/h1-3H. The third kappa shape index (κ3) is 1.47. The molecule has 0 fully saturated rings. The smallest absolute Gasteiger partial charge is 0.0844 e. The number of hydrogen-bond acceptors (Lipinski definition) is 1. The van der Waals surface area contributed by atoms with Gasteiger partial charge in [-0.2, -0.15) is 0 Å². The number of halogens is 3. The molecule has 0 spiro atoms. The minimum absolute atomic E-state index is 1.17. The first-order chi connectivity index (χ1) is 5.70. The molecule has 0 aliphatic rings. The highest BCUT2D eigenvalue weighted by molar-refractivity contribution is 14.1. The molecule has 62 valence electrons. The molecule has 1 aromatic carbocycles. The van der Waals surface area contributed by atoms with Crippen LogP contribution in [0.5, 0.6) is 0 Å². The lowest BCUT2D eigenvalue weighted by atomic mass is 10.3. The van der Waals surface area contributed by atoms with Crippen molar-refractivity contribution in [1.82, 2.24) is 0 Å². The summed E-state index contributed by atoms with van der Waals surface area (Å²) in [5.74, 6) is 0. The van der Waals surface area contributed by atoms with Gasteiger partial charge < -0.3 is 0 Å². The molecule has 0 radical (unpaired) electrons. The number of benzene rings is 1. The van der Waals surface area contributed by atoms with Crippen LogP contribution in [0.4, 0.5) is 0 Å². The lowest BCUT2D eigenvalue weighted by Gasteiger charge is -1.91. The van der Waals surface area contributed by atoms with Crippen LogP contribution in [-0.2, 0) is 0 Å². The van der Waals surface area contributed by atoms with Crippen LogP contribution in [0, 0.1) is 3.57 Å². The predicted molar refractivity (Wildman–Crippen MR) is 69.9 cm³/mol. The van der Waals surface area contributed by atoms with E-state index in [0.29, 0.717) is 0 Å². The summed E-state index contributed by atoms with van der Waals surface area (Å²) in [6.07, 6.45) is 0. The van der Waals surface area contributed by atoms with E-state index in [1.54, 1.807) is 11.3 Å². The monoisotopic (exact) mass is 416 g/mol. The molecule has 0 bridgehead atoms. The van der Waals surface area contributed by atoms with Crippen molar-refractivity contribution < 1.29 is 0 Å². The third-order valence-corrected chi connectivity index (χ3v) is 6.63. The second-order valence-electron chi connectivity index (χ2n) is 2.31. The zero-order valence-corrected chi connectivity index (χ0v) is 11.9. The van der Waals surface area contributed by atoms with Crippen molar-refractivity contribution in [2.75, 3.05) is 0 Å². The maximum Gasteiger partial charge on any atom is 0.0844 e. The lowest BCUT2D eigenvalue weighted by molar-refractivity contribution is 1.77. The fraction of sp³-hybridized carbons (Fsp3) is 0. The summed E-state index contributed by atoms with van der Waals surface area (Å²) in [6, 6.07) is 6.28. The lowest BCUT2D eigenvalue weighted by Crippen LogP contribution is -1.67. The minimum atomic E-state index is 1.17. The molecule has 1 heterocycles. The Labute approximate surface area is 105 Å². The van der Waals surface area contributed by atoms with Gasteiger partial charge in [-0.15, -0.1) is 11.3 Å². The Balaban J connectivity index is 2.95. The van der Waals surface area contributed by atoms with Crippen molar-refractivity contribution in [3.8, 4) is 0 Å². The summed E-state index contributed by atoms with van der Waals surface area (Å²) in [5, 5.41) is 1.32. The van der Waals surface area contributed by atoms with Gasteiger partial charge >= 0.3 is 0 Å². The Morgan fingerprint density at radius 1 is 1.25 bits per heavy atom. The van der Waals surface area contributed by atoms with E-state index in [1.807, 2.05) is 0 Å². The van der Waals surface area contributed by atoms with Crippen molar-refractivity contribution in [2.24, 2.45) is 0 Å². The Morgan fingerprint density at radius 3 is 2.67 bits per heavy atom. The maximum absolute atomic E-state index is 3.53. The summed E-state index contributed by atoms with van der Waals surface area (Å²) in [7, 11) is 0. The fourth-order valence-corrected chi connectivity index (χ4v) is 4.12. The van der Waals surface area contributed by atoms with Crippen molar-refractivity contribution in [2.45, 2.75) is 0 Å². The van der Waals surface area contributed by atoms with Gasteiger partial charge in [-0.05, 0) is 60.5 Å². The Morgan fingerprint density at radius 2 is 2.00 bits per heavy atom. The number of rotatable bonds is 0. The van der Waals surface area contributed by atoms with Gasteiger partial charge in [0, 0.05) is 13.4 Å². The summed E-state index contributed by atoms with van der Waals surface area (Å²) in [6.45, 7) is 0. The molecule has 2 rings (SSSR count). The second-order valence-corrected chi connectivity index (χ2v) is 6.58. The molecule has 0 unspecified atom stereocenters. The first-order valence-electron chi connectivity index (χ1n) is 3.22. The molecule has 0 atom stereocenters. The Bertz CT molecular complexity index is 436. The molecule has 2 aromatic rings. The Hall–Kier alpha value is 0.870. The summed E-state index contributed by atoms with van der Waals surface area (Å²) in [5.41, 5.74) is 0. The van der Waals surface area contributed by atoms with Gasteiger partial charge in [0.05, 0.1) is 8.49 Å². The number of fused-ring (bicyclic) bond motifs is 1. The van der Waals surface area contributed by atoms with Crippen LogP contribution < -0.4 is 0 Å². The maximum atomic E-state index is 3.53. The van der Waals surface area contributed by atoms with Gasteiger partial charge in [0.2, 0.25) is 0 Å². The molecule has 0 amide bonds. The molecule has 0 saturated carbocycles. The van der Waals surface area contributed by atoms with E-state index >= 15 is 0 Å². The fourth-order valence-electron chi connectivity index (χ4n) is 1.03. The van der Waals surface area contributed by atoms with E-state index in [9.17, 15) is 0 Å². The van der Waals surface area contributed by atoms with Crippen LogP contribution in [0.3, 0.4) is 0 Å². The van der Waals surface area contributed by atoms with Gasteiger partial charge in [0.25, 0.3) is 0 Å². The van der Waals surface area contributed by atoms with Crippen molar-refractivity contribution in [3.63, 3.8) is 0 Å². The van der Waals surface area contributed by atoms with Crippen molar-refractivity contribution >= 4 is 75.9 Å². The largest absolute Gasteiger partial charge is 0.126 e. The van der Waals surface area contributed by atoms with Gasteiger partial charge in [-0.3, -0.25) is 0 Å². The molecular weight excluding hydrogens is 415 g/mol. The molecule has 12 heavy (non-hydrogen) atoms. The van der Waals surface area contributed by atoms with E-state index in [0.717, 1.165) is 0 Å². The van der Waals surface area contributed by atoms with Crippen molar-refractivity contribution in [1.29, 1.82) is 0 Å². The van der Waals surface area contributed by atoms with Gasteiger partial charge in [-0.25, -0.2) is 0 Å². The van der Waals surface area contributed by atoms with Gasteiger partial charge in [0.1, 0.15) is 0 Å². The zero-order chi connectivity index (χ0) is 8.72. The highest BCUT2D eigenvalue weighted by Crippen LogP contribution is 2.39. The normalized spacial score (nSPS) is 10.9. The van der Waals surface area contributed by atoms with Crippen molar-refractivity contribution in [3.05, 3.63) is 30.0 Å². The molecule has 0 nitrogen and oxygen atoms in total. The average molecular weight is 418 g/mol. The van der Waals surface area contributed by atoms with Crippen LogP contribution in [-0.4, -0.2) is 0 Å². The zero-order valence-electron chi connectivity index (χ0n) is 5.77. The first kappa shape index (κ1) is 9.43. The molecule has 1 aromatic heterocycles. The van der Waals surface area contributed by atoms with E-state index in [2.05, 4.69) is 72.6 Å². The highest BCUT2D eigenvalue weighted by Gasteiger charge is 2.08. The molecule has 4 heteroatoms. The van der Waals surface area contributed by atoms with E-state index < -0.39 is 0 Å². The van der Waals surface area contributed by atoms with E-state index in [-0.39, 0.29) is 0 Å². The minimum Gasteiger partial charge on any atom is -0.126 e. The van der Waals surface area contributed by atoms with Gasteiger partial charge in [-0.1, -0.05) is 12.1 Å². The topological polar surface area (TPSA) is 0 Å². The summed E-state index contributed by atoms with van der Waals surface area (Å²) in [4.78, 5) is 0. The molecule has 0 saturated heterocycles. The summed E-state index contributed by atoms with van der Waals surface area (Å²) >= 11 is 11.2. The SMILES string of the molecule is Brc1sc2c(Br)cccc2c1I. The van der Waals surface area contributed by atoms with E-state index in [4.69, 9.17) is 0 Å². The molecular formula is C8H3Br2IS. The summed E-state index contributed by atoms with van der Waals surface area (Å²) < 4.78 is 5.00. The Kier molecular flexibility index (Phi) is 2.79.